The monoisotopic (exact) mass is 463 g/mol. The number of carbonyl (C=O) groups excluding carboxylic acids is 1. The van der Waals surface area contributed by atoms with Crippen molar-refractivity contribution < 1.29 is 19.4 Å². The van der Waals surface area contributed by atoms with E-state index in [1.807, 2.05) is 42.6 Å². The van der Waals surface area contributed by atoms with E-state index >= 15 is 0 Å². The summed E-state index contributed by atoms with van der Waals surface area (Å²) in [6.45, 7) is 3.06. The SMILES string of the molecule is CCCCCNC(=O)[C@@H]1COC(c2ccc(C(=CCCCCC(=O)O)c3cccnc3)cc2)=N1. The molecule has 0 aliphatic carbocycles. The molecule has 180 valence electrons. The standard InChI is InChI=1S/C27H33N3O4/c1-2-3-7-17-29-26(33)24-19-34-27(30-24)21-14-12-20(13-15-21)23(22-9-8-16-28-18-22)10-5-4-6-11-25(31)32/h8-10,12-16,18,24H,2-7,11,17,19H2,1H3,(H,29,33)(H,31,32)/t24-/m0/s1. The maximum atomic E-state index is 12.3. The molecule has 0 bridgehead atoms. The third-order valence-corrected chi connectivity index (χ3v) is 5.64. The number of unbranched alkanes of at least 4 members (excludes halogenated alkanes) is 4. The average Bonchev–Trinajstić information content (AvgIpc) is 3.35. The maximum Gasteiger partial charge on any atom is 0.303 e. The first-order chi connectivity index (χ1) is 16.6. The van der Waals surface area contributed by atoms with Crippen molar-refractivity contribution in [2.24, 2.45) is 4.99 Å². The lowest BCUT2D eigenvalue weighted by Crippen LogP contribution is -2.34. The number of aromatic nitrogens is 1. The van der Waals surface area contributed by atoms with Crippen LogP contribution in [0, 0.1) is 0 Å². The van der Waals surface area contributed by atoms with Gasteiger partial charge in [0.2, 0.25) is 11.8 Å². The van der Waals surface area contributed by atoms with Gasteiger partial charge in [0.05, 0.1) is 0 Å². The zero-order valence-electron chi connectivity index (χ0n) is 19.7. The van der Waals surface area contributed by atoms with E-state index in [4.69, 9.17) is 9.84 Å². The molecular weight excluding hydrogens is 430 g/mol. The second kappa shape index (κ2) is 13.3. The third kappa shape index (κ3) is 7.54. The van der Waals surface area contributed by atoms with Gasteiger partial charge in [-0.05, 0) is 55.0 Å². The molecule has 34 heavy (non-hydrogen) atoms. The van der Waals surface area contributed by atoms with Crippen LogP contribution in [0.25, 0.3) is 5.57 Å². The van der Waals surface area contributed by atoms with Crippen LogP contribution in [-0.4, -0.2) is 47.1 Å². The molecule has 1 aliphatic heterocycles. The highest BCUT2D eigenvalue weighted by molar-refractivity contribution is 5.98. The summed E-state index contributed by atoms with van der Waals surface area (Å²) in [5.74, 6) is -0.367. The van der Waals surface area contributed by atoms with Gasteiger partial charge in [0.25, 0.3) is 0 Å². The molecule has 1 aromatic carbocycles. The number of pyridine rings is 1. The number of rotatable bonds is 13. The molecule has 1 aromatic heterocycles. The lowest BCUT2D eigenvalue weighted by atomic mass is 9.96. The van der Waals surface area contributed by atoms with Crippen LogP contribution in [0.5, 0.6) is 0 Å². The zero-order chi connectivity index (χ0) is 24.2. The molecule has 1 atom stereocenters. The Kier molecular flexibility index (Phi) is 9.82. The number of aliphatic imine (C=N–C) groups is 1. The fourth-order valence-electron chi connectivity index (χ4n) is 3.75. The van der Waals surface area contributed by atoms with Gasteiger partial charge in [-0.1, -0.05) is 44.0 Å². The fraction of sp³-hybridized carbons (Fsp3) is 0.407. The van der Waals surface area contributed by atoms with Crippen LogP contribution in [0.3, 0.4) is 0 Å². The van der Waals surface area contributed by atoms with Gasteiger partial charge >= 0.3 is 5.97 Å². The number of carbonyl (C=O) groups is 2. The van der Waals surface area contributed by atoms with Crippen molar-refractivity contribution in [2.45, 2.75) is 57.9 Å². The maximum absolute atomic E-state index is 12.3. The Bertz CT molecular complexity index is 1000. The van der Waals surface area contributed by atoms with E-state index in [0.717, 1.165) is 54.4 Å². The van der Waals surface area contributed by atoms with Crippen molar-refractivity contribution in [3.63, 3.8) is 0 Å². The van der Waals surface area contributed by atoms with E-state index in [9.17, 15) is 9.59 Å². The number of nitrogens with zero attached hydrogens (tertiary/aromatic N) is 2. The van der Waals surface area contributed by atoms with Gasteiger partial charge in [-0.2, -0.15) is 0 Å². The Morgan fingerprint density at radius 3 is 2.65 bits per heavy atom. The first-order valence-corrected chi connectivity index (χ1v) is 12.0. The van der Waals surface area contributed by atoms with Gasteiger partial charge in [-0.15, -0.1) is 0 Å². The summed E-state index contributed by atoms with van der Waals surface area (Å²) in [7, 11) is 0. The van der Waals surface area contributed by atoms with Crippen LogP contribution in [0.4, 0.5) is 0 Å². The number of benzene rings is 1. The number of hydrogen-bond donors (Lipinski definition) is 2. The molecule has 2 heterocycles. The minimum Gasteiger partial charge on any atom is -0.481 e. The largest absolute Gasteiger partial charge is 0.481 e. The number of ether oxygens (including phenoxy) is 1. The Hall–Kier alpha value is -3.48. The highest BCUT2D eigenvalue weighted by Crippen LogP contribution is 2.25. The predicted octanol–water partition coefficient (Wildman–Crippen LogP) is 4.61. The summed E-state index contributed by atoms with van der Waals surface area (Å²) >= 11 is 0. The minimum absolute atomic E-state index is 0.0904. The van der Waals surface area contributed by atoms with Crippen molar-refractivity contribution >= 4 is 23.3 Å². The van der Waals surface area contributed by atoms with E-state index < -0.39 is 12.0 Å². The van der Waals surface area contributed by atoms with Crippen LogP contribution >= 0.6 is 0 Å². The van der Waals surface area contributed by atoms with Gasteiger partial charge in [0.1, 0.15) is 6.61 Å². The van der Waals surface area contributed by atoms with Crippen LogP contribution in [0.1, 0.15) is 68.6 Å². The molecule has 0 radical (unpaired) electrons. The normalized spacial score (nSPS) is 15.5. The molecule has 3 rings (SSSR count). The topological polar surface area (TPSA) is 101 Å². The van der Waals surface area contributed by atoms with Crippen molar-refractivity contribution in [1.29, 1.82) is 0 Å². The van der Waals surface area contributed by atoms with Gasteiger partial charge < -0.3 is 15.2 Å². The molecule has 0 unspecified atom stereocenters. The van der Waals surface area contributed by atoms with E-state index in [0.29, 0.717) is 18.9 Å². The number of aliphatic carboxylic acids is 1. The van der Waals surface area contributed by atoms with Gasteiger partial charge in [-0.25, -0.2) is 4.99 Å². The van der Waals surface area contributed by atoms with Crippen molar-refractivity contribution in [3.05, 3.63) is 71.6 Å². The Balaban J connectivity index is 1.67. The Morgan fingerprint density at radius 1 is 1.12 bits per heavy atom. The molecule has 2 N–H and O–H groups in total. The third-order valence-electron chi connectivity index (χ3n) is 5.64. The molecule has 7 heteroatoms. The van der Waals surface area contributed by atoms with Crippen LogP contribution in [-0.2, 0) is 14.3 Å². The van der Waals surface area contributed by atoms with Crippen molar-refractivity contribution in [1.82, 2.24) is 10.3 Å². The number of carboxylic acids is 1. The molecule has 2 aromatic rings. The molecule has 1 aliphatic rings. The van der Waals surface area contributed by atoms with Crippen LogP contribution < -0.4 is 5.32 Å². The number of nitrogens with one attached hydrogen (secondary N) is 1. The summed E-state index contributed by atoms with van der Waals surface area (Å²) < 4.78 is 5.71. The zero-order valence-corrected chi connectivity index (χ0v) is 19.7. The van der Waals surface area contributed by atoms with Crippen molar-refractivity contribution in [3.8, 4) is 0 Å². The smallest absolute Gasteiger partial charge is 0.303 e. The number of carboxylic acid groups (broad SMARTS) is 1. The van der Waals surface area contributed by atoms with Gasteiger partial charge in [0.15, 0.2) is 6.04 Å². The Morgan fingerprint density at radius 2 is 1.94 bits per heavy atom. The molecule has 0 saturated heterocycles. The summed E-state index contributed by atoms with van der Waals surface area (Å²) in [5.41, 5.74) is 3.91. The summed E-state index contributed by atoms with van der Waals surface area (Å²) in [6, 6.07) is 11.3. The van der Waals surface area contributed by atoms with E-state index in [1.54, 1.807) is 6.20 Å². The second-order valence-corrected chi connectivity index (χ2v) is 8.34. The minimum atomic E-state index is -0.764. The van der Waals surface area contributed by atoms with Gasteiger partial charge in [0, 0.05) is 36.5 Å². The quantitative estimate of drug-likeness (QED) is 0.423. The summed E-state index contributed by atoms with van der Waals surface area (Å²) in [6.07, 6.45) is 11.3. The lowest BCUT2D eigenvalue weighted by Gasteiger charge is -2.10. The van der Waals surface area contributed by atoms with E-state index in [1.165, 1.54) is 0 Å². The first-order valence-electron chi connectivity index (χ1n) is 12.0. The van der Waals surface area contributed by atoms with Crippen molar-refractivity contribution in [2.75, 3.05) is 13.2 Å². The number of hydrogen-bond acceptors (Lipinski definition) is 5. The van der Waals surface area contributed by atoms with Crippen LogP contribution in [0.15, 0.2) is 59.9 Å². The number of allylic oxidation sites excluding steroid dienone is 1. The van der Waals surface area contributed by atoms with Crippen LogP contribution in [0.2, 0.25) is 0 Å². The highest BCUT2D eigenvalue weighted by atomic mass is 16.5. The Labute approximate surface area is 201 Å². The summed E-state index contributed by atoms with van der Waals surface area (Å²) in [4.78, 5) is 31.8. The molecular formula is C27H33N3O4. The average molecular weight is 464 g/mol. The molecule has 0 fully saturated rings. The van der Waals surface area contributed by atoms with E-state index in [-0.39, 0.29) is 18.9 Å². The second-order valence-electron chi connectivity index (χ2n) is 8.34. The summed E-state index contributed by atoms with van der Waals surface area (Å²) in [5, 5.41) is 11.8. The molecule has 7 nitrogen and oxygen atoms in total. The first kappa shape index (κ1) is 25.1. The molecule has 1 amide bonds. The van der Waals surface area contributed by atoms with E-state index in [2.05, 4.69) is 28.3 Å². The van der Waals surface area contributed by atoms with Gasteiger partial charge in [-0.3, -0.25) is 14.6 Å². The molecule has 0 saturated carbocycles. The highest BCUT2D eigenvalue weighted by Gasteiger charge is 2.26. The number of amides is 1. The lowest BCUT2D eigenvalue weighted by molar-refractivity contribution is -0.137. The predicted molar refractivity (Wildman–Crippen MR) is 133 cm³/mol. The molecule has 0 spiro atoms. The fourth-order valence-corrected chi connectivity index (χ4v) is 3.75.